The van der Waals surface area contributed by atoms with E-state index in [2.05, 4.69) is 10.3 Å². The molecule has 1 N–H and O–H groups in total. The van der Waals surface area contributed by atoms with Gasteiger partial charge in [-0.05, 0) is 24.8 Å². The molecule has 1 saturated carbocycles. The highest BCUT2D eigenvalue weighted by Crippen LogP contribution is 2.35. The number of nitrogens with one attached hydrogen (secondary N) is 1. The Morgan fingerprint density at radius 2 is 2.38 bits per heavy atom. The summed E-state index contributed by atoms with van der Waals surface area (Å²) in [5, 5.41) is 2.65. The molecule has 5 heteroatoms. The van der Waals surface area contributed by atoms with Crippen LogP contribution in [0.3, 0.4) is 0 Å². The molecule has 1 aliphatic rings. The van der Waals surface area contributed by atoms with Crippen LogP contribution in [0.4, 0.5) is 4.39 Å². The molecule has 1 unspecified atom stereocenters. The van der Waals surface area contributed by atoms with Crippen molar-refractivity contribution in [2.45, 2.75) is 18.2 Å². The van der Waals surface area contributed by atoms with E-state index in [-0.39, 0.29) is 16.8 Å². The van der Waals surface area contributed by atoms with E-state index in [4.69, 9.17) is 11.6 Å². The summed E-state index contributed by atoms with van der Waals surface area (Å²) in [5.74, 6) is -0.330. The third kappa shape index (κ3) is 2.92. The summed E-state index contributed by atoms with van der Waals surface area (Å²) in [6, 6.07) is 1.16. The number of rotatable bonds is 4. The normalized spacial score (nSPS) is 16.9. The number of carbonyl (C=O) groups excluding carboxylic acids is 1. The molecular weight excluding hydrogens is 231 g/mol. The predicted molar refractivity (Wildman–Crippen MR) is 58.9 cm³/mol. The fourth-order valence-electron chi connectivity index (χ4n) is 1.45. The highest BCUT2D eigenvalue weighted by Gasteiger charge is 2.29. The zero-order valence-corrected chi connectivity index (χ0v) is 9.38. The molecule has 0 spiro atoms. The van der Waals surface area contributed by atoms with Gasteiger partial charge in [0.25, 0.3) is 5.91 Å². The van der Waals surface area contributed by atoms with Gasteiger partial charge in [0.15, 0.2) is 0 Å². The minimum absolute atomic E-state index is 0.0227. The topological polar surface area (TPSA) is 42.0 Å². The standard InChI is InChI=1S/C11H12ClFN2O/c12-10(7-1-2-7)6-15-11(16)8-3-9(13)5-14-4-8/h3-5,7,10H,1-2,6H2,(H,15,16). The van der Waals surface area contributed by atoms with Gasteiger partial charge in [-0.1, -0.05) is 0 Å². The molecule has 2 rings (SSSR count). The number of hydrogen-bond donors (Lipinski definition) is 1. The molecular formula is C11H12ClFN2O. The van der Waals surface area contributed by atoms with Crippen LogP contribution in [0.2, 0.25) is 0 Å². The van der Waals surface area contributed by atoms with Gasteiger partial charge in [-0.25, -0.2) is 4.39 Å². The Labute approximate surface area is 98.0 Å². The maximum atomic E-state index is 12.8. The molecule has 0 bridgehead atoms. The number of hydrogen-bond acceptors (Lipinski definition) is 2. The smallest absolute Gasteiger partial charge is 0.253 e. The lowest BCUT2D eigenvalue weighted by Crippen LogP contribution is -2.30. The van der Waals surface area contributed by atoms with Gasteiger partial charge in [0.05, 0.1) is 17.1 Å². The van der Waals surface area contributed by atoms with E-state index in [9.17, 15) is 9.18 Å². The van der Waals surface area contributed by atoms with Crippen LogP contribution in [0.5, 0.6) is 0 Å². The van der Waals surface area contributed by atoms with Gasteiger partial charge < -0.3 is 5.32 Å². The highest BCUT2D eigenvalue weighted by molar-refractivity contribution is 6.21. The second-order valence-electron chi connectivity index (χ2n) is 3.96. The average molecular weight is 243 g/mol. The first-order valence-corrected chi connectivity index (χ1v) is 5.63. The SMILES string of the molecule is O=C(NCC(Cl)C1CC1)c1cncc(F)c1. The lowest BCUT2D eigenvalue weighted by Gasteiger charge is -2.09. The van der Waals surface area contributed by atoms with E-state index in [0.29, 0.717) is 12.5 Å². The van der Waals surface area contributed by atoms with Gasteiger partial charge in [0.1, 0.15) is 5.82 Å². The molecule has 1 aromatic heterocycles. The molecule has 0 aliphatic heterocycles. The molecule has 1 aliphatic carbocycles. The molecule has 86 valence electrons. The number of pyridine rings is 1. The van der Waals surface area contributed by atoms with Gasteiger partial charge in [-0.3, -0.25) is 9.78 Å². The number of alkyl halides is 1. The van der Waals surface area contributed by atoms with Crippen molar-refractivity contribution < 1.29 is 9.18 Å². The minimum Gasteiger partial charge on any atom is -0.350 e. The molecule has 0 saturated heterocycles. The second kappa shape index (κ2) is 4.78. The van der Waals surface area contributed by atoms with Crippen molar-refractivity contribution in [3.05, 3.63) is 29.8 Å². The van der Waals surface area contributed by atoms with Crippen molar-refractivity contribution in [1.82, 2.24) is 10.3 Å². The predicted octanol–water partition coefficient (Wildman–Crippen LogP) is 1.97. The maximum Gasteiger partial charge on any atom is 0.253 e. The van der Waals surface area contributed by atoms with Gasteiger partial charge in [-0.15, -0.1) is 11.6 Å². The van der Waals surface area contributed by atoms with E-state index < -0.39 is 5.82 Å². The Balaban J connectivity index is 1.87. The fraction of sp³-hybridized carbons (Fsp3) is 0.455. The third-order valence-electron chi connectivity index (χ3n) is 2.56. The van der Waals surface area contributed by atoms with Gasteiger partial charge >= 0.3 is 0 Å². The zero-order chi connectivity index (χ0) is 11.5. The summed E-state index contributed by atoms with van der Waals surface area (Å²) in [4.78, 5) is 15.2. The zero-order valence-electron chi connectivity index (χ0n) is 8.62. The van der Waals surface area contributed by atoms with E-state index >= 15 is 0 Å². The van der Waals surface area contributed by atoms with Crippen LogP contribution in [0.1, 0.15) is 23.2 Å². The summed E-state index contributed by atoms with van der Waals surface area (Å²) in [7, 11) is 0. The van der Waals surface area contributed by atoms with Gasteiger partial charge in [-0.2, -0.15) is 0 Å². The van der Waals surface area contributed by atoms with Crippen molar-refractivity contribution in [2.75, 3.05) is 6.54 Å². The van der Waals surface area contributed by atoms with Crippen molar-refractivity contribution >= 4 is 17.5 Å². The molecule has 1 fully saturated rings. The largest absolute Gasteiger partial charge is 0.350 e. The first-order chi connectivity index (χ1) is 7.66. The van der Waals surface area contributed by atoms with Crippen LogP contribution >= 0.6 is 11.6 Å². The minimum atomic E-state index is -0.516. The second-order valence-corrected chi connectivity index (χ2v) is 4.52. The Kier molecular flexibility index (Phi) is 3.39. The van der Waals surface area contributed by atoms with E-state index in [1.807, 2.05) is 0 Å². The first-order valence-electron chi connectivity index (χ1n) is 5.19. The van der Waals surface area contributed by atoms with Crippen LogP contribution in [-0.2, 0) is 0 Å². The van der Waals surface area contributed by atoms with Gasteiger partial charge in [0.2, 0.25) is 0 Å². The Morgan fingerprint density at radius 3 is 3.00 bits per heavy atom. The molecule has 1 atom stereocenters. The number of amides is 1. The summed E-state index contributed by atoms with van der Waals surface area (Å²) < 4.78 is 12.8. The molecule has 1 heterocycles. The van der Waals surface area contributed by atoms with Crippen molar-refractivity contribution in [2.24, 2.45) is 5.92 Å². The Hall–Kier alpha value is -1.16. The lowest BCUT2D eigenvalue weighted by atomic mass is 10.2. The lowest BCUT2D eigenvalue weighted by molar-refractivity contribution is 0.0952. The summed E-state index contributed by atoms with van der Waals surface area (Å²) in [6.45, 7) is 0.418. The molecule has 1 amide bonds. The van der Waals surface area contributed by atoms with Gasteiger partial charge in [0, 0.05) is 12.7 Å². The van der Waals surface area contributed by atoms with Crippen molar-refractivity contribution in [1.29, 1.82) is 0 Å². The Morgan fingerprint density at radius 1 is 1.62 bits per heavy atom. The highest BCUT2D eigenvalue weighted by atomic mass is 35.5. The Bertz CT molecular complexity index is 395. The molecule has 3 nitrogen and oxygen atoms in total. The number of nitrogens with zero attached hydrogens (tertiary/aromatic N) is 1. The summed E-state index contributed by atoms with van der Waals surface area (Å²) >= 11 is 6.04. The number of halogens is 2. The molecule has 1 aromatic rings. The van der Waals surface area contributed by atoms with Crippen LogP contribution in [0.25, 0.3) is 0 Å². The van der Waals surface area contributed by atoms with Crippen LogP contribution < -0.4 is 5.32 Å². The molecule has 16 heavy (non-hydrogen) atoms. The van der Waals surface area contributed by atoms with Crippen molar-refractivity contribution in [3.63, 3.8) is 0 Å². The van der Waals surface area contributed by atoms with E-state index in [1.165, 1.54) is 6.20 Å². The first kappa shape index (κ1) is 11.3. The van der Waals surface area contributed by atoms with Crippen LogP contribution in [-0.4, -0.2) is 22.8 Å². The summed E-state index contributed by atoms with van der Waals surface area (Å²) in [5.41, 5.74) is 0.222. The van der Waals surface area contributed by atoms with E-state index in [1.54, 1.807) is 0 Å². The monoisotopic (exact) mass is 242 g/mol. The van der Waals surface area contributed by atoms with Crippen molar-refractivity contribution in [3.8, 4) is 0 Å². The number of carbonyl (C=O) groups is 1. The third-order valence-corrected chi connectivity index (χ3v) is 3.07. The van der Waals surface area contributed by atoms with E-state index in [0.717, 1.165) is 25.1 Å². The van der Waals surface area contributed by atoms with Crippen LogP contribution in [0.15, 0.2) is 18.5 Å². The summed E-state index contributed by atoms with van der Waals surface area (Å²) in [6.07, 6.45) is 4.65. The molecule has 0 aromatic carbocycles. The fourth-order valence-corrected chi connectivity index (χ4v) is 1.78. The van der Waals surface area contributed by atoms with Crippen LogP contribution in [0, 0.1) is 11.7 Å². The average Bonchev–Trinajstić information content (AvgIpc) is 3.09. The number of aromatic nitrogens is 1. The molecule has 0 radical (unpaired) electrons. The quantitative estimate of drug-likeness (QED) is 0.821. The maximum absolute atomic E-state index is 12.8.